The second-order valence-corrected chi connectivity index (χ2v) is 13.7. The third-order valence-electron chi connectivity index (χ3n) is 8.05. The molecule has 1 amide bonds. The van der Waals surface area contributed by atoms with Gasteiger partial charge in [-0.25, -0.2) is 21.6 Å². The molecule has 2 aliphatic carbocycles. The van der Waals surface area contributed by atoms with Crippen molar-refractivity contribution in [1.29, 1.82) is 0 Å². The molecule has 0 aromatic heterocycles. The van der Waals surface area contributed by atoms with E-state index >= 15 is 0 Å². The number of sulfone groups is 1. The van der Waals surface area contributed by atoms with Crippen molar-refractivity contribution in [2.75, 3.05) is 5.32 Å². The van der Waals surface area contributed by atoms with Crippen LogP contribution in [0, 0.1) is 29.3 Å². The summed E-state index contributed by atoms with van der Waals surface area (Å²) in [7, 11) is -4.15. The Morgan fingerprint density at radius 3 is 2.20 bits per heavy atom. The number of hydrogen-bond donors (Lipinski definition) is 2. The van der Waals surface area contributed by atoms with Gasteiger partial charge in [0.15, 0.2) is 27.3 Å². The van der Waals surface area contributed by atoms with Gasteiger partial charge in [0.25, 0.3) is 5.91 Å². The standard InChI is InChI=1S/C30H25ClF6N2O5S/c31-22-8-5-17(28(40)39-21-10-23(32)26(34)24(33)11-21)9-25(22)45(42,43)27-18-3-4-19(27)13-29(41,12-18)15-38-44-14-16-1-6-20(7-2-16)30(35,36)37/h1-2,5-11,15,18-19,27,41H,3-4,12-14H2,(H,39,40)/b38-15-. The summed E-state index contributed by atoms with van der Waals surface area (Å²) in [4.78, 5) is 17.6. The van der Waals surface area contributed by atoms with Crippen molar-refractivity contribution in [1.82, 2.24) is 0 Å². The van der Waals surface area contributed by atoms with Crippen molar-refractivity contribution in [2.45, 2.75) is 54.2 Å². The first kappa shape index (κ1) is 32.8. The molecule has 5 rings (SSSR count). The van der Waals surface area contributed by atoms with E-state index in [9.17, 15) is 44.7 Å². The molecule has 2 atom stereocenters. The Balaban J connectivity index is 1.27. The maximum absolute atomic E-state index is 13.9. The van der Waals surface area contributed by atoms with Gasteiger partial charge in [0.2, 0.25) is 0 Å². The number of carbonyl (C=O) groups excluding carboxylic acids is 1. The summed E-state index contributed by atoms with van der Waals surface area (Å²) in [5.74, 6) is -6.67. The zero-order valence-corrected chi connectivity index (χ0v) is 24.7. The molecule has 15 heteroatoms. The number of oxime groups is 1. The zero-order chi connectivity index (χ0) is 32.7. The number of hydrogen-bond acceptors (Lipinski definition) is 6. The Labute approximate surface area is 258 Å². The minimum absolute atomic E-state index is 0.0278. The van der Waals surface area contributed by atoms with Crippen LogP contribution in [0.1, 0.15) is 47.2 Å². The molecule has 2 unspecified atom stereocenters. The first-order chi connectivity index (χ1) is 21.1. The summed E-state index contributed by atoms with van der Waals surface area (Å²) in [5, 5.41) is 16.1. The SMILES string of the molecule is O=C(Nc1cc(F)c(F)c(F)c1)c1ccc(Cl)c(S(=O)(=O)C2C3CCC2CC(O)(/C=N\OCc2ccc(C(F)(F)F)cc2)C3)c1. The van der Waals surface area contributed by atoms with Crippen LogP contribution in [0.2, 0.25) is 5.02 Å². The summed E-state index contributed by atoms with van der Waals surface area (Å²) in [6.45, 7) is -0.151. The molecule has 3 aromatic carbocycles. The lowest BCUT2D eigenvalue weighted by molar-refractivity contribution is -0.137. The average molecular weight is 675 g/mol. The Kier molecular flexibility index (Phi) is 8.95. The zero-order valence-electron chi connectivity index (χ0n) is 23.1. The number of benzene rings is 3. The van der Waals surface area contributed by atoms with Crippen LogP contribution in [0.25, 0.3) is 0 Å². The van der Waals surface area contributed by atoms with Crippen molar-refractivity contribution in [3.8, 4) is 0 Å². The van der Waals surface area contributed by atoms with Gasteiger partial charge in [-0.2, -0.15) is 13.2 Å². The first-order valence-corrected chi connectivity index (χ1v) is 15.5. The fraction of sp³-hybridized carbons (Fsp3) is 0.333. The molecule has 2 aliphatic rings. The van der Waals surface area contributed by atoms with Crippen molar-refractivity contribution in [2.24, 2.45) is 17.0 Å². The van der Waals surface area contributed by atoms with E-state index in [4.69, 9.17) is 16.4 Å². The number of alkyl halides is 3. The topological polar surface area (TPSA) is 105 Å². The number of aliphatic hydroxyl groups is 1. The lowest BCUT2D eigenvalue weighted by Gasteiger charge is -2.38. The van der Waals surface area contributed by atoms with Crippen molar-refractivity contribution in [3.05, 3.63) is 93.8 Å². The number of halogens is 7. The van der Waals surface area contributed by atoms with Crippen LogP contribution in [-0.2, 0) is 27.5 Å². The maximum atomic E-state index is 13.9. The van der Waals surface area contributed by atoms with Gasteiger partial charge in [0, 0.05) is 23.4 Å². The summed E-state index contributed by atoms with van der Waals surface area (Å²) in [6.07, 6.45) is -2.28. The Morgan fingerprint density at radius 1 is 1.02 bits per heavy atom. The third kappa shape index (κ3) is 6.97. The molecule has 240 valence electrons. The number of anilines is 1. The Morgan fingerprint density at radius 2 is 1.62 bits per heavy atom. The molecule has 7 nitrogen and oxygen atoms in total. The fourth-order valence-electron chi connectivity index (χ4n) is 6.06. The van der Waals surface area contributed by atoms with Gasteiger partial charge >= 0.3 is 6.18 Å². The molecule has 3 aromatic rings. The van der Waals surface area contributed by atoms with E-state index in [0.717, 1.165) is 18.2 Å². The molecule has 0 radical (unpaired) electrons. The summed E-state index contributed by atoms with van der Waals surface area (Å²) in [5.41, 5.74) is -2.44. The van der Waals surface area contributed by atoms with E-state index in [1.54, 1.807) is 0 Å². The summed E-state index contributed by atoms with van der Waals surface area (Å²) in [6, 6.07) is 8.96. The molecule has 45 heavy (non-hydrogen) atoms. The minimum atomic E-state index is -4.47. The third-order valence-corrected chi connectivity index (χ3v) is 10.9. The highest BCUT2D eigenvalue weighted by Crippen LogP contribution is 2.51. The molecule has 2 fully saturated rings. The van der Waals surface area contributed by atoms with Crippen LogP contribution >= 0.6 is 11.6 Å². The maximum Gasteiger partial charge on any atom is 0.416 e. The summed E-state index contributed by atoms with van der Waals surface area (Å²) < 4.78 is 106. The number of nitrogens with one attached hydrogen (secondary N) is 1. The van der Waals surface area contributed by atoms with E-state index in [-0.39, 0.29) is 40.6 Å². The van der Waals surface area contributed by atoms with Gasteiger partial charge in [-0.15, -0.1) is 0 Å². The van der Waals surface area contributed by atoms with Crippen LogP contribution in [0.5, 0.6) is 0 Å². The predicted molar refractivity (Wildman–Crippen MR) is 152 cm³/mol. The molecule has 2 bridgehead atoms. The van der Waals surface area contributed by atoms with E-state index in [1.807, 2.05) is 0 Å². The van der Waals surface area contributed by atoms with Gasteiger partial charge in [0.1, 0.15) is 12.2 Å². The smallest absolute Gasteiger partial charge is 0.391 e. The fourth-order valence-corrected chi connectivity index (χ4v) is 8.90. The van der Waals surface area contributed by atoms with E-state index in [0.29, 0.717) is 30.5 Å². The van der Waals surface area contributed by atoms with Crippen molar-refractivity contribution in [3.63, 3.8) is 0 Å². The minimum Gasteiger partial charge on any atom is -0.391 e. The summed E-state index contributed by atoms with van der Waals surface area (Å²) >= 11 is 6.27. The van der Waals surface area contributed by atoms with Crippen LogP contribution < -0.4 is 5.32 Å². The highest BCUT2D eigenvalue weighted by molar-refractivity contribution is 7.92. The van der Waals surface area contributed by atoms with Gasteiger partial charge in [-0.3, -0.25) is 4.79 Å². The largest absolute Gasteiger partial charge is 0.416 e. The Bertz CT molecular complexity index is 1710. The molecule has 0 heterocycles. The van der Waals surface area contributed by atoms with Gasteiger partial charge < -0.3 is 15.3 Å². The van der Waals surface area contributed by atoms with E-state index < -0.39 is 67.6 Å². The molecule has 2 N–H and O–H groups in total. The second-order valence-electron chi connectivity index (χ2n) is 11.2. The number of nitrogens with zero attached hydrogens (tertiary/aromatic N) is 1. The van der Waals surface area contributed by atoms with Gasteiger partial charge in [-0.05, 0) is 73.4 Å². The van der Waals surface area contributed by atoms with Gasteiger partial charge in [-0.1, -0.05) is 28.9 Å². The number of fused-ring (bicyclic) bond motifs is 2. The van der Waals surface area contributed by atoms with Crippen LogP contribution in [-0.4, -0.2) is 36.5 Å². The monoisotopic (exact) mass is 674 g/mol. The number of carbonyl (C=O) groups is 1. The van der Waals surface area contributed by atoms with Crippen LogP contribution in [0.15, 0.2) is 64.6 Å². The quantitative estimate of drug-likeness (QED) is 0.117. The number of rotatable bonds is 8. The van der Waals surface area contributed by atoms with Crippen molar-refractivity contribution >= 4 is 39.2 Å². The lowest BCUT2D eigenvalue weighted by atomic mass is 9.78. The van der Waals surface area contributed by atoms with Crippen LogP contribution in [0.4, 0.5) is 32.0 Å². The first-order valence-electron chi connectivity index (χ1n) is 13.6. The molecule has 0 aliphatic heterocycles. The average Bonchev–Trinajstić information content (AvgIpc) is 3.27. The number of amides is 1. The highest BCUT2D eigenvalue weighted by atomic mass is 35.5. The molecule has 2 saturated carbocycles. The lowest BCUT2D eigenvalue weighted by Crippen LogP contribution is -2.47. The molecular weight excluding hydrogens is 650 g/mol. The van der Waals surface area contributed by atoms with E-state index in [2.05, 4.69) is 10.5 Å². The molecule has 0 spiro atoms. The Hall–Kier alpha value is -3.62. The molecular formula is C30H25ClF6N2O5S. The van der Waals surface area contributed by atoms with Crippen molar-refractivity contribution < 1.29 is 49.5 Å². The van der Waals surface area contributed by atoms with E-state index in [1.165, 1.54) is 30.5 Å². The normalized spacial score (nSPS) is 23.3. The second kappa shape index (κ2) is 12.3. The highest BCUT2D eigenvalue weighted by Gasteiger charge is 2.54. The van der Waals surface area contributed by atoms with Crippen LogP contribution in [0.3, 0.4) is 0 Å². The molecule has 0 saturated heterocycles. The van der Waals surface area contributed by atoms with Gasteiger partial charge in [0.05, 0.1) is 26.9 Å². The predicted octanol–water partition coefficient (Wildman–Crippen LogP) is 6.92.